The van der Waals surface area contributed by atoms with E-state index in [1.807, 2.05) is 24.3 Å². The highest BCUT2D eigenvalue weighted by Crippen LogP contribution is 2.02. The molecule has 0 N–H and O–H groups in total. The van der Waals surface area contributed by atoms with Crippen LogP contribution in [0.5, 0.6) is 0 Å². The number of hydrogen-bond acceptors (Lipinski definition) is 3. The molecule has 0 unspecified atom stereocenters. The second-order valence-corrected chi connectivity index (χ2v) is 2.75. The maximum Gasteiger partial charge on any atom is 0.0813 e. The first-order chi connectivity index (χ1) is 6.95. The molecule has 0 atom stereocenters. The first kappa shape index (κ1) is 8.56. The number of nitrogens with zero attached hydrogens (tertiary/aromatic N) is 3. The Labute approximate surface area is 82.2 Å². The molecule has 0 radical (unpaired) electrons. The highest BCUT2D eigenvalue weighted by Gasteiger charge is 1.86. The van der Waals surface area contributed by atoms with Crippen molar-refractivity contribution in [3.8, 4) is 0 Å². The number of rotatable bonds is 2. The van der Waals surface area contributed by atoms with Crippen molar-refractivity contribution < 1.29 is 0 Å². The first-order valence-electron chi connectivity index (χ1n) is 4.29. The van der Waals surface area contributed by atoms with E-state index in [0.29, 0.717) is 0 Å². The van der Waals surface area contributed by atoms with Crippen LogP contribution in [0.4, 0.5) is 0 Å². The zero-order chi connectivity index (χ0) is 9.64. The van der Waals surface area contributed by atoms with E-state index in [1.165, 1.54) is 0 Å². The van der Waals surface area contributed by atoms with Crippen LogP contribution in [-0.2, 0) is 0 Å². The normalized spacial score (nSPS) is 10.6. The number of aromatic nitrogens is 3. The van der Waals surface area contributed by atoms with Gasteiger partial charge in [0.05, 0.1) is 11.9 Å². The Hall–Kier alpha value is -2.03. The SMILES string of the molecule is C(=C\c1cnccn1)/c1cccnc1. The molecule has 0 spiro atoms. The molecular formula is C11H9N3. The molecule has 2 rings (SSSR count). The minimum Gasteiger partial charge on any atom is -0.264 e. The molecule has 3 nitrogen and oxygen atoms in total. The lowest BCUT2D eigenvalue weighted by Crippen LogP contribution is -1.80. The van der Waals surface area contributed by atoms with Gasteiger partial charge in [-0.1, -0.05) is 12.1 Å². The van der Waals surface area contributed by atoms with Crippen molar-refractivity contribution >= 4 is 12.2 Å². The lowest BCUT2D eigenvalue weighted by Gasteiger charge is -1.91. The van der Waals surface area contributed by atoms with Gasteiger partial charge in [-0.25, -0.2) is 0 Å². The average molecular weight is 183 g/mol. The van der Waals surface area contributed by atoms with Crippen molar-refractivity contribution in [3.05, 3.63) is 54.4 Å². The standard InChI is InChI=1S/C11H9N3/c1-2-10(8-12-5-1)3-4-11-9-13-6-7-14-11/h1-9H/b4-3+. The largest absolute Gasteiger partial charge is 0.264 e. The predicted octanol–water partition coefficient (Wildman–Crippen LogP) is 2.04. The van der Waals surface area contributed by atoms with Crippen LogP contribution in [0, 0.1) is 0 Å². The minimum absolute atomic E-state index is 0.844. The molecule has 2 aromatic heterocycles. The summed E-state index contributed by atoms with van der Waals surface area (Å²) in [6, 6.07) is 3.89. The molecule has 2 aromatic rings. The van der Waals surface area contributed by atoms with Gasteiger partial charge < -0.3 is 0 Å². The van der Waals surface area contributed by atoms with Gasteiger partial charge in [-0.3, -0.25) is 15.0 Å². The van der Waals surface area contributed by atoms with Gasteiger partial charge in [-0.2, -0.15) is 0 Å². The number of pyridine rings is 1. The summed E-state index contributed by atoms with van der Waals surface area (Å²) in [6.45, 7) is 0. The van der Waals surface area contributed by atoms with Crippen LogP contribution in [-0.4, -0.2) is 15.0 Å². The molecule has 68 valence electrons. The van der Waals surface area contributed by atoms with Gasteiger partial charge in [-0.15, -0.1) is 0 Å². The maximum absolute atomic E-state index is 4.12. The second kappa shape index (κ2) is 4.28. The summed E-state index contributed by atoms with van der Waals surface area (Å²) in [4.78, 5) is 12.1. The van der Waals surface area contributed by atoms with Gasteiger partial charge in [0.15, 0.2) is 0 Å². The van der Waals surface area contributed by atoms with E-state index in [-0.39, 0.29) is 0 Å². The average Bonchev–Trinajstić information content (AvgIpc) is 2.29. The van der Waals surface area contributed by atoms with E-state index in [2.05, 4.69) is 15.0 Å². The van der Waals surface area contributed by atoms with Crippen molar-refractivity contribution in [2.24, 2.45) is 0 Å². The molecule has 0 aliphatic carbocycles. The summed E-state index contributed by atoms with van der Waals surface area (Å²) in [6.07, 6.45) is 12.4. The van der Waals surface area contributed by atoms with E-state index in [1.54, 1.807) is 31.0 Å². The van der Waals surface area contributed by atoms with Crippen molar-refractivity contribution in [1.82, 2.24) is 15.0 Å². The fraction of sp³-hybridized carbons (Fsp3) is 0. The molecule has 2 heterocycles. The molecular weight excluding hydrogens is 174 g/mol. The zero-order valence-corrected chi connectivity index (χ0v) is 7.54. The lowest BCUT2D eigenvalue weighted by atomic mass is 10.2. The van der Waals surface area contributed by atoms with Crippen molar-refractivity contribution in [1.29, 1.82) is 0 Å². The van der Waals surface area contributed by atoms with E-state index in [9.17, 15) is 0 Å². The van der Waals surface area contributed by atoms with Crippen LogP contribution < -0.4 is 0 Å². The monoisotopic (exact) mass is 183 g/mol. The Morgan fingerprint density at radius 1 is 0.929 bits per heavy atom. The fourth-order valence-corrected chi connectivity index (χ4v) is 1.05. The molecule has 0 saturated carbocycles. The fourth-order valence-electron chi connectivity index (χ4n) is 1.05. The topological polar surface area (TPSA) is 38.7 Å². The zero-order valence-electron chi connectivity index (χ0n) is 7.54. The summed E-state index contributed by atoms with van der Waals surface area (Å²) in [5.41, 5.74) is 1.90. The maximum atomic E-state index is 4.12. The molecule has 0 aliphatic rings. The summed E-state index contributed by atoms with van der Waals surface area (Å²) in [5.74, 6) is 0. The van der Waals surface area contributed by atoms with Gasteiger partial charge in [0.2, 0.25) is 0 Å². The Morgan fingerprint density at radius 3 is 2.57 bits per heavy atom. The van der Waals surface area contributed by atoms with Gasteiger partial charge in [0.1, 0.15) is 0 Å². The van der Waals surface area contributed by atoms with Crippen LogP contribution in [0.2, 0.25) is 0 Å². The first-order valence-corrected chi connectivity index (χ1v) is 4.29. The third-order valence-electron chi connectivity index (χ3n) is 1.71. The van der Waals surface area contributed by atoms with Crippen LogP contribution in [0.15, 0.2) is 43.1 Å². The molecule has 3 heteroatoms. The predicted molar refractivity (Wildman–Crippen MR) is 55.2 cm³/mol. The minimum atomic E-state index is 0.844. The van der Waals surface area contributed by atoms with Gasteiger partial charge in [0, 0.05) is 24.8 Å². The Kier molecular flexibility index (Phi) is 2.62. The third kappa shape index (κ3) is 2.23. The van der Waals surface area contributed by atoms with Crippen LogP contribution in [0.1, 0.15) is 11.3 Å². The van der Waals surface area contributed by atoms with Crippen molar-refractivity contribution in [2.45, 2.75) is 0 Å². The summed E-state index contributed by atoms with van der Waals surface area (Å²) < 4.78 is 0. The molecule has 0 aliphatic heterocycles. The third-order valence-corrected chi connectivity index (χ3v) is 1.71. The van der Waals surface area contributed by atoms with E-state index in [0.717, 1.165) is 11.3 Å². The van der Waals surface area contributed by atoms with Crippen LogP contribution >= 0.6 is 0 Å². The smallest absolute Gasteiger partial charge is 0.0813 e. The van der Waals surface area contributed by atoms with Gasteiger partial charge in [0.25, 0.3) is 0 Å². The van der Waals surface area contributed by atoms with E-state index < -0.39 is 0 Å². The van der Waals surface area contributed by atoms with E-state index >= 15 is 0 Å². The highest BCUT2D eigenvalue weighted by atomic mass is 14.8. The summed E-state index contributed by atoms with van der Waals surface area (Å²) in [5, 5.41) is 0. The van der Waals surface area contributed by atoms with Gasteiger partial charge >= 0.3 is 0 Å². The molecule has 14 heavy (non-hydrogen) atoms. The molecule has 0 bridgehead atoms. The lowest BCUT2D eigenvalue weighted by molar-refractivity contribution is 1.18. The molecule has 0 amide bonds. The summed E-state index contributed by atoms with van der Waals surface area (Å²) in [7, 11) is 0. The van der Waals surface area contributed by atoms with Crippen molar-refractivity contribution in [2.75, 3.05) is 0 Å². The second-order valence-electron chi connectivity index (χ2n) is 2.75. The Bertz CT molecular complexity index is 368. The molecule has 0 fully saturated rings. The molecule has 0 aromatic carbocycles. The Balaban J connectivity index is 2.16. The van der Waals surface area contributed by atoms with E-state index in [4.69, 9.17) is 0 Å². The number of hydrogen-bond donors (Lipinski definition) is 0. The quantitative estimate of drug-likeness (QED) is 0.715. The van der Waals surface area contributed by atoms with Crippen LogP contribution in [0.3, 0.4) is 0 Å². The highest BCUT2D eigenvalue weighted by molar-refractivity contribution is 5.66. The molecule has 0 saturated heterocycles. The van der Waals surface area contributed by atoms with Crippen LogP contribution in [0.25, 0.3) is 12.2 Å². The van der Waals surface area contributed by atoms with Crippen molar-refractivity contribution in [3.63, 3.8) is 0 Å². The Morgan fingerprint density at radius 2 is 1.86 bits per heavy atom. The van der Waals surface area contributed by atoms with Gasteiger partial charge in [-0.05, 0) is 17.7 Å². The summed E-state index contributed by atoms with van der Waals surface area (Å²) >= 11 is 0.